The summed E-state index contributed by atoms with van der Waals surface area (Å²) < 4.78 is 0. The molecule has 1 aromatic rings. The van der Waals surface area contributed by atoms with Crippen LogP contribution in [0.1, 0.15) is 50.4 Å². The van der Waals surface area contributed by atoms with Gasteiger partial charge in [0.2, 0.25) is 0 Å². The highest BCUT2D eigenvalue weighted by Gasteiger charge is 2.14. The number of rotatable bonds is 5. The fourth-order valence-corrected chi connectivity index (χ4v) is 2.61. The maximum atomic E-state index is 5.90. The van der Waals surface area contributed by atoms with Crippen LogP contribution in [0.4, 0.5) is 11.6 Å². The Hall–Kier alpha value is -1.32. The van der Waals surface area contributed by atoms with E-state index in [0.29, 0.717) is 5.82 Å². The molecule has 0 radical (unpaired) electrons. The molecule has 18 heavy (non-hydrogen) atoms. The largest absolute Gasteiger partial charge is 0.383 e. The topological polar surface area (TPSA) is 63.8 Å². The molecule has 100 valence electrons. The molecule has 1 aliphatic rings. The SMILES string of the molecule is CCc1nc(N)c(C)c(NCCC2CCCC2)n1. The van der Waals surface area contributed by atoms with E-state index in [1.54, 1.807) is 0 Å². The quantitative estimate of drug-likeness (QED) is 0.841. The molecule has 1 saturated carbocycles. The zero-order valence-electron chi connectivity index (χ0n) is 11.5. The molecule has 0 aromatic carbocycles. The first-order chi connectivity index (χ1) is 8.70. The van der Waals surface area contributed by atoms with Gasteiger partial charge in [0.05, 0.1) is 0 Å². The molecule has 0 saturated heterocycles. The van der Waals surface area contributed by atoms with E-state index in [9.17, 15) is 0 Å². The molecular weight excluding hydrogens is 224 g/mol. The van der Waals surface area contributed by atoms with Gasteiger partial charge in [-0.1, -0.05) is 32.6 Å². The number of nitrogens with one attached hydrogen (secondary N) is 1. The molecule has 0 atom stereocenters. The van der Waals surface area contributed by atoms with E-state index >= 15 is 0 Å². The Bertz CT molecular complexity index is 397. The van der Waals surface area contributed by atoms with E-state index in [1.165, 1.54) is 32.1 Å². The molecule has 0 aliphatic heterocycles. The molecule has 0 unspecified atom stereocenters. The number of hydrogen-bond donors (Lipinski definition) is 2. The predicted octanol–water partition coefficient (Wildman–Crippen LogP) is 2.92. The number of aryl methyl sites for hydroxylation is 1. The van der Waals surface area contributed by atoms with Gasteiger partial charge in [0.1, 0.15) is 17.5 Å². The molecule has 1 aliphatic carbocycles. The molecule has 0 bridgehead atoms. The summed E-state index contributed by atoms with van der Waals surface area (Å²) in [6, 6.07) is 0. The molecule has 2 rings (SSSR count). The maximum absolute atomic E-state index is 5.90. The van der Waals surface area contributed by atoms with Crippen molar-refractivity contribution >= 4 is 11.6 Å². The highest BCUT2D eigenvalue weighted by molar-refractivity contribution is 5.54. The monoisotopic (exact) mass is 248 g/mol. The minimum absolute atomic E-state index is 0.602. The third kappa shape index (κ3) is 3.12. The van der Waals surface area contributed by atoms with E-state index in [-0.39, 0.29) is 0 Å². The van der Waals surface area contributed by atoms with E-state index in [4.69, 9.17) is 5.73 Å². The fourth-order valence-electron chi connectivity index (χ4n) is 2.61. The van der Waals surface area contributed by atoms with E-state index < -0.39 is 0 Å². The number of nitrogens with two attached hydrogens (primary N) is 1. The number of nitrogen functional groups attached to an aromatic ring is 1. The smallest absolute Gasteiger partial charge is 0.134 e. The summed E-state index contributed by atoms with van der Waals surface area (Å²) in [7, 11) is 0. The van der Waals surface area contributed by atoms with Gasteiger partial charge in [0, 0.05) is 18.5 Å². The van der Waals surface area contributed by atoms with Gasteiger partial charge in [-0.25, -0.2) is 9.97 Å². The van der Waals surface area contributed by atoms with Gasteiger partial charge in [0.25, 0.3) is 0 Å². The van der Waals surface area contributed by atoms with E-state index in [0.717, 1.165) is 36.1 Å². The van der Waals surface area contributed by atoms with Crippen molar-refractivity contribution in [3.8, 4) is 0 Å². The standard InChI is InChI=1S/C14H24N4/c1-3-12-17-13(15)10(2)14(18-12)16-9-8-11-6-4-5-7-11/h11H,3-9H2,1-2H3,(H3,15,16,17,18). The Morgan fingerprint density at radius 2 is 2.00 bits per heavy atom. The van der Waals surface area contributed by atoms with Crippen molar-refractivity contribution in [2.24, 2.45) is 5.92 Å². The summed E-state index contributed by atoms with van der Waals surface area (Å²) in [5.41, 5.74) is 6.87. The molecular formula is C14H24N4. The van der Waals surface area contributed by atoms with Gasteiger partial charge >= 0.3 is 0 Å². The number of nitrogens with zero attached hydrogens (tertiary/aromatic N) is 2. The van der Waals surface area contributed by atoms with Crippen molar-refractivity contribution in [2.45, 2.75) is 52.4 Å². The second-order valence-corrected chi connectivity index (χ2v) is 5.22. The van der Waals surface area contributed by atoms with Crippen LogP contribution < -0.4 is 11.1 Å². The summed E-state index contributed by atoms with van der Waals surface area (Å²) in [4.78, 5) is 8.78. The van der Waals surface area contributed by atoms with Crippen LogP contribution >= 0.6 is 0 Å². The van der Waals surface area contributed by atoms with Crippen LogP contribution in [0.5, 0.6) is 0 Å². The lowest BCUT2D eigenvalue weighted by Crippen LogP contribution is -2.12. The zero-order chi connectivity index (χ0) is 13.0. The highest BCUT2D eigenvalue weighted by Crippen LogP contribution is 2.27. The predicted molar refractivity (Wildman–Crippen MR) is 75.6 cm³/mol. The minimum Gasteiger partial charge on any atom is -0.383 e. The summed E-state index contributed by atoms with van der Waals surface area (Å²) in [6.07, 6.45) is 7.67. The van der Waals surface area contributed by atoms with Gasteiger partial charge < -0.3 is 11.1 Å². The van der Waals surface area contributed by atoms with Crippen LogP contribution in [0.25, 0.3) is 0 Å². The van der Waals surface area contributed by atoms with Gasteiger partial charge in [-0.15, -0.1) is 0 Å². The third-order valence-electron chi connectivity index (χ3n) is 3.87. The third-order valence-corrected chi connectivity index (χ3v) is 3.87. The summed E-state index contributed by atoms with van der Waals surface area (Å²) in [5.74, 6) is 3.24. The van der Waals surface area contributed by atoms with Gasteiger partial charge in [0.15, 0.2) is 0 Å². The van der Waals surface area contributed by atoms with Crippen molar-refractivity contribution in [1.29, 1.82) is 0 Å². The first kappa shape index (κ1) is 13.1. The molecule has 0 amide bonds. The molecule has 4 nitrogen and oxygen atoms in total. The second-order valence-electron chi connectivity index (χ2n) is 5.22. The lowest BCUT2D eigenvalue weighted by Gasteiger charge is -2.13. The van der Waals surface area contributed by atoms with Crippen molar-refractivity contribution in [3.05, 3.63) is 11.4 Å². The fraction of sp³-hybridized carbons (Fsp3) is 0.714. The lowest BCUT2D eigenvalue weighted by molar-refractivity contribution is 0.518. The van der Waals surface area contributed by atoms with E-state index in [1.807, 2.05) is 13.8 Å². The van der Waals surface area contributed by atoms with Gasteiger partial charge in [-0.2, -0.15) is 0 Å². The average molecular weight is 248 g/mol. The lowest BCUT2D eigenvalue weighted by atomic mass is 10.0. The Labute approximate surface area is 109 Å². The summed E-state index contributed by atoms with van der Waals surface area (Å²) in [6.45, 7) is 5.02. The Morgan fingerprint density at radius 3 is 2.67 bits per heavy atom. The molecule has 1 aromatic heterocycles. The van der Waals surface area contributed by atoms with Crippen molar-refractivity contribution < 1.29 is 0 Å². The summed E-state index contributed by atoms with van der Waals surface area (Å²) in [5, 5.41) is 3.42. The Balaban J connectivity index is 1.93. The van der Waals surface area contributed by atoms with Gasteiger partial charge in [-0.3, -0.25) is 0 Å². The number of aromatic nitrogens is 2. The van der Waals surface area contributed by atoms with Crippen LogP contribution in [-0.4, -0.2) is 16.5 Å². The van der Waals surface area contributed by atoms with E-state index in [2.05, 4.69) is 15.3 Å². The highest BCUT2D eigenvalue weighted by atomic mass is 15.1. The normalized spacial score (nSPS) is 16.1. The van der Waals surface area contributed by atoms with Crippen LogP contribution in [0, 0.1) is 12.8 Å². The molecule has 0 spiro atoms. The molecule has 4 heteroatoms. The molecule has 1 fully saturated rings. The van der Waals surface area contributed by atoms with Crippen molar-refractivity contribution in [3.63, 3.8) is 0 Å². The number of hydrogen-bond acceptors (Lipinski definition) is 4. The zero-order valence-corrected chi connectivity index (χ0v) is 11.5. The molecule has 3 N–H and O–H groups in total. The summed E-state index contributed by atoms with van der Waals surface area (Å²) >= 11 is 0. The van der Waals surface area contributed by atoms with Crippen LogP contribution in [0.2, 0.25) is 0 Å². The second kappa shape index (κ2) is 6.03. The van der Waals surface area contributed by atoms with Crippen LogP contribution in [-0.2, 0) is 6.42 Å². The van der Waals surface area contributed by atoms with Gasteiger partial charge in [-0.05, 0) is 19.3 Å². The average Bonchev–Trinajstić information content (AvgIpc) is 2.87. The van der Waals surface area contributed by atoms with Crippen LogP contribution in [0.3, 0.4) is 0 Å². The molecule has 1 heterocycles. The Morgan fingerprint density at radius 1 is 1.28 bits per heavy atom. The Kier molecular flexibility index (Phi) is 4.39. The maximum Gasteiger partial charge on any atom is 0.134 e. The van der Waals surface area contributed by atoms with Crippen molar-refractivity contribution in [2.75, 3.05) is 17.6 Å². The van der Waals surface area contributed by atoms with Crippen molar-refractivity contribution in [1.82, 2.24) is 9.97 Å². The first-order valence-electron chi connectivity index (χ1n) is 7.07. The van der Waals surface area contributed by atoms with Crippen LogP contribution in [0.15, 0.2) is 0 Å². The first-order valence-corrected chi connectivity index (χ1v) is 7.07. The minimum atomic E-state index is 0.602. The number of anilines is 2.